The zero-order valence-corrected chi connectivity index (χ0v) is 14.7. The van der Waals surface area contributed by atoms with Crippen molar-refractivity contribution in [2.75, 3.05) is 13.1 Å². The van der Waals surface area contributed by atoms with Crippen LogP contribution in [0.5, 0.6) is 0 Å². The molecule has 128 valence electrons. The highest BCUT2D eigenvalue weighted by Crippen LogP contribution is 2.22. The van der Waals surface area contributed by atoms with Crippen molar-refractivity contribution in [1.82, 2.24) is 4.90 Å². The second-order valence-corrected chi connectivity index (χ2v) is 6.57. The number of amides is 1. The van der Waals surface area contributed by atoms with Gasteiger partial charge in [0, 0.05) is 24.6 Å². The number of rotatable bonds is 5. The van der Waals surface area contributed by atoms with E-state index in [1.54, 1.807) is 0 Å². The Balaban J connectivity index is 0.00000264. The average molecular weight is 339 g/mol. The molecule has 5 heteroatoms. The normalized spacial score (nSPS) is 16.8. The van der Waals surface area contributed by atoms with Crippen LogP contribution in [0, 0.1) is 11.8 Å². The number of halogens is 1. The first-order chi connectivity index (χ1) is 10.5. The summed E-state index contributed by atoms with van der Waals surface area (Å²) in [7, 11) is 0. The lowest BCUT2D eigenvalue weighted by Crippen LogP contribution is -2.48. The van der Waals surface area contributed by atoms with Gasteiger partial charge < -0.3 is 10.6 Å². The number of carbonyl (C=O) groups is 2. The largest absolute Gasteiger partial charge is 0.341 e. The van der Waals surface area contributed by atoms with Crippen LogP contribution in [0.4, 0.5) is 0 Å². The number of nitrogens with zero attached hydrogens (tertiary/aromatic N) is 1. The van der Waals surface area contributed by atoms with Crippen molar-refractivity contribution in [3.63, 3.8) is 0 Å². The molecule has 0 unspecified atom stereocenters. The third-order valence-electron chi connectivity index (χ3n) is 4.28. The number of carbonyl (C=O) groups excluding carboxylic acids is 2. The topological polar surface area (TPSA) is 63.4 Å². The number of hydrogen-bond donors (Lipinski definition) is 1. The van der Waals surface area contributed by atoms with Crippen molar-refractivity contribution in [3.05, 3.63) is 35.9 Å². The summed E-state index contributed by atoms with van der Waals surface area (Å²) in [6.07, 6.45) is 2.17. The molecule has 1 aliphatic heterocycles. The van der Waals surface area contributed by atoms with E-state index in [4.69, 9.17) is 5.73 Å². The van der Waals surface area contributed by atoms with Crippen LogP contribution in [0.25, 0.3) is 0 Å². The van der Waals surface area contributed by atoms with E-state index >= 15 is 0 Å². The number of piperidine rings is 1. The molecule has 1 saturated heterocycles. The lowest BCUT2D eigenvalue weighted by atomic mass is 9.88. The van der Waals surface area contributed by atoms with Gasteiger partial charge in [-0.15, -0.1) is 12.4 Å². The monoisotopic (exact) mass is 338 g/mol. The van der Waals surface area contributed by atoms with Gasteiger partial charge in [-0.1, -0.05) is 44.2 Å². The van der Waals surface area contributed by atoms with Crippen molar-refractivity contribution in [3.8, 4) is 0 Å². The maximum atomic E-state index is 12.4. The first-order valence-corrected chi connectivity index (χ1v) is 8.12. The Morgan fingerprint density at radius 1 is 1.17 bits per heavy atom. The number of benzene rings is 1. The smallest absolute Gasteiger partial charge is 0.239 e. The van der Waals surface area contributed by atoms with Gasteiger partial charge in [-0.05, 0) is 25.2 Å². The van der Waals surface area contributed by atoms with Crippen LogP contribution in [0.3, 0.4) is 0 Å². The highest BCUT2D eigenvalue weighted by molar-refractivity contribution is 5.98. The minimum atomic E-state index is -0.415. The zero-order valence-electron chi connectivity index (χ0n) is 13.9. The zero-order chi connectivity index (χ0) is 16.1. The fraction of sp³-hybridized carbons (Fsp3) is 0.556. The van der Waals surface area contributed by atoms with Crippen LogP contribution in [-0.4, -0.2) is 35.7 Å². The molecule has 0 aromatic heterocycles. The molecule has 1 heterocycles. The second-order valence-electron chi connectivity index (χ2n) is 6.57. The van der Waals surface area contributed by atoms with E-state index in [9.17, 15) is 9.59 Å². The van der Waals surface area contributed by atoms with Gasteiger partial charge in [0.2, 0.25) is 5.91 Å². The third kappa shape index (κ3) is 5.33. The van der Waals surface area contributed by atoms with E-state index in [1.165, 1.54) is 0 Å². The molecular formula is C18H27ClN2O2. The molecule has 1 fully saturated rings. The standard InChI is InChI=1S/C18H26N2O2.ClH/c1-13(2)12-16(19)18(22)20-10-8-15(9-11-20)17(21)14-6-4-3-5-7-14;/h3-7,13,15-16H,8-12,19H2,1-2H3;1H/t16-;/m0./s1. The van der Waals surface area contributed by atoms with Crippen LogP contribution in [0.15, 0.2) is 30.3 Å². The average Bonchev–Trinajstić information content (AvgIpc) is 2.54. The summed E-state index contributed by atoms with van der Waals surface area (Å²) in [6, 6.07) is 8.99. The SMILES string of the molecule is CC(C)C[C@H](N)C(=O)N1CCC(C(=O)c2ccccc2)CC1.Cl. The molecule has 2 N–H and O–H groups in total. The molecule has 2 rings (SSSR count). The van der Waals surface area contributed by atoms with E-state index in [0.717, 1.165) is 18.4 Å². The Bertz CT molecular complexity index is 511. The minimum absolute atomic E-state index is 0. The highest BCUT2D eigenvalue weighted by Gasteiger charge is 2.29. The maximum absolute atomic E-state index is 12.4. The molecular weight excluding hydrogens is 312 g/mol. The van der Waals surface area contributed by atoms with Crippen LogP contribution < -0.4 is 5.73 Å². The van der Waals surface area contributed by atoms with Crippen LogP contribution in [0.2, 0.25) is 0 Å². The number of hydrogen-bond acceptors (Lipinski definition) is 3. The molecule has 1 aliphatic rings. The van der Waals surface area contributed by atoms with Crippen molar-refractivity contribution >= 4 is 24.1 Å². The Labute approximate surface area is 144 Å². The number of ketones is 1. The molecule has 1 aromatic carbocycles. The molecule has 1 amide bonds. The van der Waals surface area contributed by atoms with Crippen molar-refractivity contribution in [2.45, 2.75) is 39.2 Å². The minimum Gasteiger partial charge on any atom is -0.341 e. The lowest BCUT2D eigenvalue weighted by molar-refractivity contribution is -0.134. The van der Waals surface area contributed by atoms with Gasteiger partial charge in [-0.3, -0.25) is 9.59 Å². The predicted molar refractivity (Wildman–Crippen MR) is 94.8 cm³/mol. The highest BCUT2D eigenvalue weighted by atomic mass is 35.5. The molecule has 0 radical (unpaired) electrons. The van der Waals surface area contributed by atoms with Crippen molar-refractivity contribution < 1.29 is 9.59 Å². The Morgan fingerprint density at radius 2 is 1.74 bits per heavy atom. The summed E-state index contributed by atoms with van der Waals surface area (Å²) in [6.45, 7) is 5.40. The maximum Gasteiger partial charge on any atom is 0.239 e. The van der Waals surface area contributed by atoms with Gasteiger partial charge in [0.25, 0.3) is 0 Å². The van der Waals surface area contributed by atoms with E-state index in [1.807, 2.05) is 35.2 Å². The van der Waals surface area contributed by atoms with Gasteiger partial charge in [-0.25, -0.2) is 0 Å². The summed E-state index contributed by atoms with van der Waals surface area (Å²) in [4.78, 5) is 26.5. The Hall–Kier alpha value is -1.39. The summed E-state index contributed by atoms with van der Waals surface area (Å²) in [5.41, 5.74) is 6.74. The second kappa shape index (κ2) is 9.04. The van der Waals surface area contributed by atoms with Crippen LogP contribution in [-0.2, 0) is 4.79 Å². The number of nitrogens with two attached hydrogens (primary N) is 1. The van der Waals surface area contributed by atoms with E-state index in [2.05, 4.69) is 13.8 Å². The molecule has 0 bridgehead atoms. The first-order valence-electron chi connectivity index (χ1n) is 8.12. The van der Waals surface area contributed by atoms with Gasteiger partial charge >= 0.3 is 0 Å². The van der Waals surface area contributed by atoms with E-state index < -0.39 is 6.04 Å². The van der Waals surface area contributed by atoms with Gasteiger partial charge in [0.05, 0.1) is 6.04 Å². The number of likely N-dealkylation sites (tertiary alicyclic amines) is 1. The molecule has 0 spiro atoms. The van der Waals surface area contributed by atoms with Gasteiger partial charge in [0.15, 0.2) is 5.78 Å². The van der Waals surface area contributed by atoms with Gasteiger partial charge in [-0.2, -0.15) is 0 Å². The summed E-state index contributed by atoms with van der Waals surface area (Å²) >= 11 is 0. The molecule has 1 aromatic rings. The molecule has 0 saturated carbocycles. The van der Waals surface area contributed by atoms with Gasteiger partial charge in [0.1, 0.15) is 0 Å². The molecule has 0 aliphatic carbocycles. The van der Waals surface area contributed by atoms with E-state index in [0.29, 0.717) is 25.4 Å². The quantitative estimate of drug-likeness (QED) is 0.839. The molecule has 4 nitrogen and oxygen atoms in total. The first kappa shape index (κ1) is 19.7. The summed E-state index contributed by atoms with van der Waals surface area (Å²) in [5.74, 6) is 0.655. The third-order valence-corrected chi connectivity index (χ3v) is 4.28. The lowest BCUT2D eigenvalue weighted by Gasteiger charge is -2.33. The van der Waals surface area contributed by atoms with Crippen molar-refractivity contribution in [1.29, 1.82) is 0 Å². The summed E-state index contributed by atoms with van der Waals surface area (Å²) in [5, 5.41) is 0. The summed E-state index contributed by atoms with van der Waals surface area (Å²) < 4.78 is 0. The van der Waals surface area contributed by atoms with Crippen molar-refractivity contribution in [2.24, 2.45) is 17.6 Å². The predicted octanol–water partition coefficient (Wildman–Crippen LogP) is 2.90. The fourth-order valence-electron chi connectivity index (χ4n) is 3.04. The Morgan fingerprint density at radius 3 is 2.26 bits per heavy atom. The van der Waals surface area contributed by atoms with E-state index in [-0.39, 0.29) is 30.0 Å². The van der Waals surface area contributed by atoms with Crippen LogP contribution in [0.1, 0.15) is 43.5 Å². The number of Topliss-reactive ketones (excluding diaryl/α,β-unsaturated/α-hetero) is 1. The fourth-order valence-corrected chi connectivity index (χ4v) is 3.04. The van der Waals surface area contributed by atoms with Crippen LogP contribution >= 0.6 is 12.4 Å². The molecule has 1 atom stereocenters. The molecule has 23 heavy (non-hydrogen) atoms. The Kier molecular flexibility index (Phi) is 7.73.